The third kappa shape index (κ3) is 7.99. The van der Waals surface area contributed by atoms with E-state index in [9.17, 15) is 14.7 Å². The smallest absolute Gasteiger partial charge is 0.251 e. The first-order chi connectivity index (χ1) is 19.9. The number of aliphatic hydroxyl groups is 1. The Morgan fingerprint density at radius 1 is 1.00 bits per heavy atom. The van der Waals surface area contributed by atoms with Crippen LogP contribution < -0.4 is 30.3 Å². The monoisotopic (exact) mass is 560 g/mol. The zero-order chi connectivity index (χ0) is 29.2. The van der Waals surface area contributed by atoms with Crippen LogP contribution in [-0.4, -0.2) is 62.9 Å². The molecule has 0 saturated carbocycles. The van der Waals surface area contributed by atoms with E-state index in [1.165, 1.54) is 0 Å². The summed E-state index contributed by atoms with van der Waals surface area (Å²) in [6, 6.07) is 20.3. The number of benzene rings is 3. The van der Waals surface area contributed by atoms with Crippen molar-refractivity contribution in [1.29, 1.82) is 0 Å². The first-order valence-corrected chi connectivity index (χ1v) is 14.1. The van der Waals surface area contributed by atoms with Crippen molar-refractivity contribution in [3.05, 3.63) is 83.4 Å². The van der Waals surface area contributed by atoms with Gasteiger partial charge in [-0.3, -0.25) is 9.59 Å². The first kappa shape index (κ1) is 29.9. The summed E-state index contributed by atoms with van der Waals surface area (Å²) in [7, 11) is 3.19. The maximum absolute atomic E-state index is 13.6. The average Bonchev–Trinajstić information content (AvgIpc) is 3.42. The minimum absolute atomic E-state index is 0.0583. The van der Waals surface area contributed by atoms with E-state index in [1.807, 2.05) is 61.5 Å². The van der Waals surface area contributed by atoms with Crippen molar-refractivity contribution < 1.29 is 24.2 Å². The molecular weight excluding hydrogens is 520 g/mol. The van der Waals surface area contributed by atoms with Crippen LogP contribution in [0.15, 0.2) is 66.7 Å². The van der Waals surface area contributed by atoms with Gasteiger partial charge >= 0.3 is 0 Å². The highest BCUT2D eigenvalue weighted by atomic mass is 16.5. The molecule has 3 aromatic carbocycles. The third-order valence-corrected chi connectivity index (χ3v) is 7.16. The molecule has 1 saturated heterocycles. The summed E-state index contributed by atoms with van der Waals surface area (Å²) in [6.45, 7) is 4.06. The molecule has 9 heteroatoms. The Morgan fingerprint density at radius 2 is 1.78 bits per heavy atom. The van der Waals surface area contributed by atoms with Gasteiger partial charge in [-0.05, 0) is 61.2 Å². The molecule has 0 bridgehead atoms. The number of carbonyl (C=O) groups is 2. The average molecular weight is 561 g/mol. The van der Waals surface area contributed by atoms with Crippen LogP contribution in [0.5, 0.6) is 11.5 Å². The van der Waals surface area contributed by atoms with Crippen molar-refractivity contribution in [3.63, 3.8) is 0 Å². The van der Waals surface area contributed by atoms with E-state index in [0.29, 0.717) is 55.2 Å². The maximum atomic E-state index is 13.6. The van der Waals surface area contributed by atoms with Gasteiger partial charge in [-0.15, -0.1) is 0 Å². The summed E-state index contributed by atoms with van der Waals surface area (Å²) in [5.74, 6) is 1.04. The first-order valence-electron chi connectivity index (χ1n) is 14.1. The molecule has 1 fully saturated rings. The lowest BCUT2D eigenvalue weighted by Gasteiger charge is -2.25. The summed E-state index contributed by atoms with van der Waals surface area (Å²) in [4.78, 5) is 27.7. The Balaban J connectivity index is 1.49. The van der Waals surface area contributed by atoms with Gasteiger partial charge in [0.1, 0.15) is 0 Å². The number of nitrogens with one attached hydrogen (secondary N) is 3. The number of hydrogen-bond acceptors (Lipinski definition) is 7. The summed E-state index contributed by atoms with van der Waals surface area (Å²) in [6.07, 6.45) is 0.897. The Kier molecular flexibility index (Phi) is 10.6. The van der Waals surface area contributed by atoms with Gasteiger partial charge in [0, 0.05) is 49.5 Å². The Morgan fingerprint density at radius 3 is 2.46 bits per heavy atom. The van der Waals surface area contributed by atoms with E-state index in [4.69, 9.17) is 9.47 Å². The molecule has 4 N–H and O–H groups in total. The van der Waals surface area contributed by atoms with E-state index in [-0.39, 0.29) is 18.4 Å². The van der Waals surface area contributed by atoms with Crippen molar-refractivity contribution in [2.75, 3.05) is 44.1 Å². The van der Waals surface area contributed by atoms with Crippen molar-refractivity contribution in [2.45, 2.75) is 44.9 Å². The topological polar surface area (TPSA) is 112 Å². The van der Waals surface area contributed by atoms with E-state index in [2.05, 4.69) is 16.0 Å². The molecule has 9 nitrogen and oxygen atoms in total. The molecule has 41 heavy (non-hydrogen) atoms. The SMILES string of the molecule is CCNc1cc(C(=O)N[C@@H](Cc2ccccc2)[C@@H](O)CNCc2ccc(OC)c(OC)c2)cc(N2CCCC2=O)c1. The van der Waals surface area contributed by atoms with E-state index in [0.717, 1.165) is 23.2 Å². The molecule has 0 unspecified atom stereocenters. The van der Waals surface area contributed by atoms with E-state index in [1.54, 1.807) is 31.3 Å². The number of hydrogen-bond donors (Lipinski definition) is 4. The summed E-state index contributed by atoms with van der Waals surface area (Å²) in [5, 5.41) is 20.9. The fourth-order valence-corrected chi connectivity index (χ4v) is 5.03. The van der Waals surface area contributed by atoms with Crippen LogP contribution >= 0.6 is 0 Å². The van der Waals surface area contributed by atoms with Crippen molar-refractivity contribution in [3.8, 4) is 11.5 Å². The Bertz CT molecular complexity index is 1320. The standard InChI is InChI=1S/C32H40N4O5/c1-4-34-25-17-24(18-26(19-25)36-14-8-11-31(36)38)32(39)35-27(15-22-9-6-5-7-10-22)28(37)21-33-20-23-12-13-29(40-2)30(16-23)41-3/h5-7,9-10,12-13,16-19,27-28,33-34,37H,4,8,11,14-15,20-21H2,1-3H3,(H,35,39)/t27-,28-/m0/s1. The molecule has 3 aromatic rings. The summed E-state index contributed by atoms with van der Waals surface area (Å²) < 4.78 is 10.7. The van der Waals surface area contributed by atoms with Gasteiger partial charge < -0.3 is 35.4 Å². The lowest BCUT2D eigenvalue weighted by molar-refractivity contribution is -0.117. The Hall–Kier alpha value is -4.08. The fourth-order valence-electron chi connectivity index (χ4n) is 5.03. The Labute approximate surface area is 241 Å². The molecule has 0 aromatic heterocycles. The molecule has 2 amide bonds. The van der Waals surface area contributed by atoms with Gasteiger partial charge in [0.25, 0.3) is 5.91 Å². The van der Waals surface area contributed by atoms with Gasteiger partial charge in [0.2, 0.25) is 5.91 Å². The third-order valence-electron chi connectivity index (χ3n) is 7.16. The zero-order valence-corrected chi connectivity index (χ0v) is 24.0. The minimum Gasteiger partial charge on any atom is -0.493 e. The van der Waals surface area contributed by atoms with E-state index >= 15 is 0 Å². The van der Waals surface area contributed by atoms with Crippen LogP contribution in [0, 0.1) is 0 Å². The van der Waals surface area contributed by atoms with Gasteiger partial charge in [-0.2, -0.15) is 0 Å². The minimum atomic E-state index is -0.865. The van der Waals surface area contributed by atoms with Gasteiger partial charge in [0.15, 0.2) is 11.5 Å². The van der Waals surface area contributed by atoms with Crippen LogP contribution in [-0.2, 0) is 17.8 Å². The van der Waals surface area contributed by atoms with Crippen molar-refractivity contribution in [1.82, 2.24) is 10.6 Å². The molecule has 2 atom stereocenters. The maximum Gasteiger partial charge on any atom is 0.251 e. The highest BCUT2D eigenvalue weighted by molar-refractivity contribution is 6.00. The number of carbonyl (C=O) groups excluding carboxylic acids is 2. The number of amides is 2. The lowest BCUT2D eigenvalue weighted by Crippen LogP contribution is -2.48. The summed E-state index contributed by atoms with van der Waals surface area (Å²) >= 11 is 0. The van der Waals surface area contributed by atoms with Gasteiger partial charge in [-0.25, -0.2) is 0 Å². The summed E-state index contributed by atoms with van der Waals surface area (Å²) in [5.41, 5.74) is 3.88. The second-order valence-corrected chi connectivity index (χ2v) is 10.1. The number of anilines is 2. The second kappa shape index (κ2) is 14.5. The molecule has 0 spiro atoms. The van der Waals surface area contributed by atoms with E-state index < -0.39 is 12.1 Å². The number of nitrogens with zero attached hydrogens (tertiary/aromatic N) is 1. The van der Waals surface area contributed by atoms with Crippen LogP contribution in [0.4, 0.5) is 11.4 Å². The molecule has 1 heterocycles. The molecule has 0 aliphatic carbocycles. The molecule has 1 aliphatic rings. The highest BCUT2D eigenvalue weighted by Gasteiger charge is 2.26. The van der Waals surface area contributed by atoms with Gasteiger partial charge in [-0.1, -0.05) is 36.4 Å². The molecular formula is C32H40N4O5. The van der Waals surface area contributed by atoms with Crippen LogP contribution in [0.3, 0.4) is 0 Å². The normalized spacial score (nSPS) is 14.4. The second-order valence-electron chi connectivity index (χ2n) is 10.1. The molecule has 4 rings (SSSR count). The zero-order valence-electron chi connectivity index (χ0n) is 24.0. The van der Waals surface area contributed by atoms with Crippen LogP contribution in [0.25, 0.3) is 0 Å². The predicted molar refractivity (Wildman–Crippen MR) is 161 cm³/mol. The van der Waals surface area contributed by atoms with Crippen molar-refractivity contribution >= 4 is 23.2 Å². The van der Waals surface area contributed by atoms with Gasteiger partial charge in [0.05, 0.1) is 26.4 Å². The highest BCUT2D eigenvalue weighted by Crippen LogP contribution is 2.28. The quantitative estimate of drug-likeness (QED) is 0.238. The number of rotatable bonds is 14. The van der Waals surface area contributed by atoms with Crippen LogP contribution in [0.1, 0.15) is 41.3 Å². The molecule has 218 valence electrons. The molecule has 1 aliphatic heterocycles. The number of aliphatic hydroxyl groups excluding tert-OH is 1. The van der Waals surface area contributed by atoms with Crippen LogP contribution in [0.2, 0.25) is 0 Å². The lowest BCUT2D eigenvalue weighted by atomic mass is 10.00. The van der Waals surface area contributed by atoms with Crippen molar-refractivity contribution in [2.24, 2.45) is 0 Å². The number of ether oxygens (including phenoxy) is 2. The predicted octanol–water partition coefficient (Wildman–Crippen LogP) is 3.75. The largest absolute Gasteiger partial charge is 0.493 e. The molecule has 0 radical (unpaired) electrons. The fraction of sp³-hybridized carbons (Fsp3) is 0.375. The number of methoxy groups -OCH3 is 2.